The number of hydrogen-bond acceptors (Lipinski definition) is 3. The number of pyridine rings is 1. The van der Waals surface area contributed by atoms with Crippen molar-refractivity contribution in [2.75, 3.05) is 18.0 Å². The second kappa shape index (κ2) is 7.01. The largest absolute Gasteiger partial charge is 0.506 e. The number of rotatable bonds is 5. The Morgan fingerprint density at radius 3 is 2.28 bits per heavy atom. The summed E-state index contributed by atoms with van der Waals surface area (Å²) in [6, 6.07) is 15.3. The SMILES string of the molecule is CCN(CC)c1ccc2c(O)c(-c3ccccc3)c(=O)n(CC)c2c1. The molecule has 0 aliphatic rings. The van der Waals surface area contributed by atoms with E-state index >= 15 is 0 Å². The number of nitrogens with zero attached hydrogens (tertiary/aromatic N) is 2. The molecule has 0 bridgehead atoms. The molecule has 0 amide bonds. The van der Waals surface area contributed by atoms with Crippen LogP contribution >= 0.6 is 0 Å². The van der Waals surface area contributed by atoms with Crippen molar-refractivity contribution in [1.82, 2.24) is 4.57 Å². The van der Waals surface area contributed by atoms with Crippen molar-refractivity contribution in [3.63, 3.8) is 0 Å². The number of benzene rings is 2. The molecule has 0 fully saturated rings. The molecule has 4 heteroatoms. The van der Waals surface area contributed by atoms with E-state index < -0.39 is 0 Å². The Bertz CT molecular complexity index is 942. The van der Waals surface area contributed by atoms with Crippen LogP contribution in [-0.2, 0) is 6.54 Å². The van der Waals surface area contributed by atoms with E-state index in [1.807, 2.05) is 55.5 Å². The lowest BCUT2D eigenvalue weighted by Gasteiger charge is -2.22. The molecule has 0 saturated heterocycles. The van der Waals surface area contributed by atoms with E-state index in [2.05, 4.69) is 18.7 Å². The number of fused-ring (bicyclic) bond motifs is 1. The van der Waals surface area contributed by atoms with Crippen molar-refractivity contribution in [2.24, 2.45) is 0 Å². The molecule has 0 spiro atoms. The van der Waals surface area contributed by atoms with Gasteiger partial charge in [0.25, 0.3) is 5.56 Å². The summed E-state index contributed by atoms with van der Waals surface area (Å²) in [5, 5.41) is 11.5. The average molecular weight is 336 g/mol. The van der Waals surface area contributed by atoms with Crippen LogP contribution < -0.4 is 10.5 Å². The summed E-state index contributed by atoms with van der Waals surface area (Å²) < 4.78 is 1.74. The van der Waals surface area contributed by atoms with Crippen molar-refractivity contribution >= 4 is 16.6 Å². The minimum absolute atomic E-state index is 0.0574. The second-order valence-electron chi connectivity index (χ2n) is 6.01. The van der Waals surface area contributed by atoms with Crippen LogP contribution in [0.5, 0.6) is 5.75 Å². The van der Waals surface area contributed by atoms with Gasteiger partial charge in [0.15, 0.2) is 0 Å². The van der Waals surface area contributed by atoms with Gasteiger partial charge in [0.2, 0.25) is 0 Å². The Morgan fingerprint density at radius 2 is 1.68 bits per heavy atom. The Hall–Kier alpha value is -2.75. The highest BCUT2D eigenvalue weighted by molar-refractivity contribution is 5.94. The summed E-state index contributed by atoms with van der Waals surface area (Å²) in [4.78, 5) is 15.3. The van der Waals surface area contributed by atoms with Gasteiger partial charge < -0.3 is 14.6 Å². The molecule has 2 aromatic carbocycles. The molecular formula is C21H24N2O2. The fourth-order valence-corrected chi connectivity index (χ4v) is 3.39. The summed E-state index contributed by atoms with van der Waals surface area (Å²) in [6.07, 6.45) is 0. The van der Waals surface area contributed by atoms with Gasteiger partial charge in [-0.15, -0.1) is 0 Å². The predicted molar refractivity (Wildman–Crippen MR) is 105 cm³/mol. The van der Waals surface area contributed by atoms with Crippen LogP contribution in [0.15, 0.2) is 53.3 Å². The summed E-state index contributed by atoms with van der Waals surface area (Å²) in [5.41, 5.74) is 2.78. The first kappa shape index (κ1) is 17.1. The molecule has 25 heavy (non-hydrogen) atoms. The molecule has 0 radical (unpaired) electrons. The first-order chi connectivity index (χ1) is 12.1. The maximum atomic E-state index is 13.0. The lowest BCUT2D eigenvalue weighted by Crippen LogP contribution is -2.24. The van der Waals surface area contributed by atoms with Gasteiger partial charge in [-0.3, -0.25) is 4.79 Å². The van der Waals surface area contributed by atoms with Crippen molar-refractivity contribution in [3.8, 4) is 16.9 Å². The van der Waals surface area contributed by atoms with Crippen molar-refractivity contribution < 1.29 is 5.11 Å². The first-order valence-corrected chi connectivity index (χ1v) is 8.82. The third kappa shape index (κ3) is 2.88. The second-order valence-corrected chi connectivity index (χ2v) is 6.01. The van der Waals surface area contributed by atoms with Gasteiger partial charge in [-0.25, -0.2) is 0 Å². The Kier molecular flexibility index (Phi) is 4.79. The number of aryl methyl sites for hydroxylation is 1. The minimum Gasteiger partial charge on any atom is -0.506 e. The minimum atomic E-state index is -0.157. The lowest BCUT2D eigenvalue weighted by molar-refractivity contribution is 0.481. The molecule has 0 aliphatic carbocycles. The first-order valence-electron chi connectivity index (χ1n) is 8.82. The van der Waals surface area contributed by atoms with E-state index in [-0.39, 0.29) is 11.3 Å². The maximum absolute atomic E-state index is 13.0. The standard InChI is InChI=1S/C21H24N2O2/c1-4-22(5-2)16-12-13-17-18(14-16)23(6-3)21(25)19(20(17)24)15-10-8-7-9-11-15/h7-14,24H,4-6H2,1-3H3. The highest BCUT2D eigenvalue weighted by Gasteiger charge is 2.18. The van der Waals surface area contributed by atoms with E-state index in [0.29, 0.717) is 17.5 Å². The molecule has 3 rings (SSSR count). The highest BCUT2D eigenvalue weighted by Crippen LogP contribution is 2.34. The van der Waals surface area contributed by atoms with Crippen LogP contribution in [0.1, 0.15) is 20.8 Å². The van der Waals surface area contributed by atoms with Crippen LogP contribution in [0.4, 0.5) is 5.69 Å². The molecular weight excluding hydrogens is 312 g/mol. The molecule has 3 aromatic rings. The third-order valence-corrected chi connectivity index (χ3v) is 4.73. The summed E-state index contributed by atoms with van der Waals surface area (Å²) >= 11 is 0. The average Bonchev–Trinajstić information content (AvgIpc) is 2.64. The molecule has 1 N–H and O–H groups in total. The fraction of sp³-hybridized carbons (Fsp3) is 0.286. The summed E-state index contributed by atoms with van der Waals surface area (Å²) in [5.74, 6) is 0.0574. The van der Waals surface area contributed by atoms with Crippen molar-refractivity contribution in [2.45, 2.75) is 27.3 Å². The van der Waals surface area contributed by atoms with Crippen LogP contribution in [0.25, 0.3) is 22.0 Å². The number of aromatic nitrogens is 1. The van der Waals surface area contributed by atoms with E-state index in [4.69, 9.17) is 0 Å². The Balaban J connectivity index is 2.34. The van der Waals surface area contributed by atoms with Gasteiger partial charge in [-0.2, -0.15) is 0 Å². The molecule has 1 heterocycles. The molecule has 0 unspecified atom stereocenters. The van der Waals surface area contributed by atoms with Gasteiger partial charge in [-0.05, 0) is 44.5 Å². The van der Waals surface area contributed by atoms with E-state index in [9.17, 15) is 9.90 Å². The van der Waals surface area contributed by atoms with Crippen LogP contribution in [0.3, 0.4) is 0 Å². The Morgan fingerprint density at radius 1 is 1.00 bits per heavy atom. The quantitative estimate of drug-likeness (QED) is 0.758. The lowest BCUT2D eigenvalue weighted by atomic mass is 10.0. The van der Waals surface area contributed by atoms with E-state index in [1.165, 1.54) is 0 Å². The fourth-order valence-electron chi connectivity index (χ4n) is 3.39. The third-order valence-electron chi connectivity index (χ3n) is 4.73. The maximum Gasteiger partial charge on any atom is 0.262 e. The zero-order chi connectivity index (χ0) is 18.0. The monoisotopic (exact) mass is 336 g/mol. The van der Waals surface area contributed by atoms with Gasteiger partial charge in [-0.1, -0.05) is 30.3 Å². The van der Waals surface area contributed by atoms with Crippen LogP contribution in [0.2, 0.25) is 0 Å². The predicted octanol–water partition coefficient (Wildman–Crippen LogP) is 4.24. The van der Waals surface area contributed by atoms with Crippen LogP contribution in [0, 0.1) is 0 Å². The molecule has 0 saturated carbocycles. The molecule has 0 atom stereocenters. The van der Waals surface area contributed by atoms with Gasteiger partial charge >= 0.3 is 0 Å². The van der Waals surface area contributed by atoms with Gasteiger partial charge in [0.1, 0.15) is 5.75 Å². The molecule has 0 aliphatic heterocycles. The topological polar surface area (TPSA) is 45.5 Å². The van der Waals surface area contributed by atoms with Gasteiger partial charge in [0, 0.05) is 30.7 Å². The Labute approximate surface area is 148 Å². The van der Waals surface area contributed by atoms with Crippen LogP contribution in [-0.4, -0.2) is 22.8 Å². The highest BCUT2D eigenvalue weighted by atomic mass is 16.3. The zero-order valence-electron chi connectivity index (χ0n) is 15.0. The van der Waals surface area contributed by atoms with E-state index in [1.54, 1.807) is 4.57 Å². The summed E-state index contributed by atoms with van der Waals surface area (Å²) in [7, 11) is 0. The molecule has 130 valence electrons. The number of aromatic hydroxyl groups is 1. The smallest absolute Gasteiger partial charge is 0.262 e. The number of anilines is 1. The summed E-state index contributed by atoms with van der Waals surface area (Å²) in [6.45, 7) is 8.51. The number of hydrogen-bond donors (Lipinski definition) is 1. The van der Waals surface area contributed by atoms with Gasteiger partial charge in [0.05, 0.1) is 11.1 Å². The zero-order valence-corrected chi connectivity index (χ0v) is 15.0. The molecule has 4 nitrogen and oxygen atoms in total. The molecule has 1 aromatic heterocycles. The van der Waals surface area contributed by atoms with E-state index in [0.717, 1.165) is 29.9 Å². The van der Waals surface area contributed by atoms with Crippen molar-refractivity contribution in [1.29, 1.82) is 0 Å². The normalized spacial score (nSPS) is 11.0. The van der Waals surface area contributed by atoms with Crippen molar-refractivity contribution in [3.05, 3.63) is 58.9 Å².